The molecule has 1 saturated heterocycles. The predicted octanol–water partition coefficient (Wildman–Crippen LogP) is 2.53. The molecule has 1 aromatic rings. The van der Waals surface area contributed by atoms with Gasteiger partial charge in [-0.3, -0.25) is 0 Å². The second-order valence-electron chi connectivity index (χ2n) is 5.19. The van der Waals surface area contributed by atoms with Gasteiger partial charge in [0.25, 0.3) is 9.84 Å². The van der Waals surface area contributed by atoms with Crippen molar-refractivity contribution in [3.8, 4) is 0 Å². The van der Waals surface area contributed by atoms with E-state index >= 15 is 0 Å². The molecule has 1 aliphatic heterocycles. The fraction of sp³-hybridized carbons (Fsp3) is 0.538. The number of nitrogens with one attached hydrogen (secondary N) is 2. The lowest BCUT2D eigenvalue weighted by Gasteiger charge is -2.29. The van der Waals surface area contributed by atoms with Crippen LogP contribution in [-0.2, 0) is 9.84 Å². The van der Waals surface area contributed by atoms with Crippen LogP contribution >= 0.6 is 0 Å². The summed E-state index contributed by atoms with van der Waals surface area (Å²) in [5.74, 6) is 0. The van der Waals surface area contributed by atoms with Crippen molar-refractivity contribution in [3.05, 3.63) is 24.3 Å². The van der Waals surface area contributed by atoms with Crippen LogP contribution in [0.4, 0.5) is 18.9 Å². The Morgan fingerprint density at radius 3 is 2.38 bits per heavy atom. The summed E-state index contributed by atoms with van der Waals surface area (Å²) < 4.78 is 59.8. The van der Waals surface area contributed by atoms with Crippen LogP contribution in [0.1, 0.15) is 19.8 Å². The maximum Gasteiger partial charge on any atom is 0.501 e. The van der Waals surface area contributed by atoms with Gasteiger partial charge in [0.2, 0.25) is 0 Å². The fourth-order valence-electron chi connectivity index (χ4n) is 2.36. The van der Waals surface area contributed by atoms with Gasteiger partial charge in [-0.05, 0) is 50.6 Å². The van der Waals surface area contributed by atoms with E-state index in [1.165, 1.54) is 12.1 Å². The van der Waals surface area contributed by atoms with Crippen LogP contribution in [-0.4, -0.2) is 32.6 Å². The van der Waals surface area contributed by atoms with Crippen molar-refractivity contribution in [2.24, 2.45) is 0 Å². The van der Waals surface area contributed by atoms with Gasteiger partial charge in [0.1, 0.15) is 0 Å². The van der Waals surface area contributed by atoms with E-state index in [1.807, 2.05) is 0 Å². The average Bonchev–Trinajstić information content (AvgIpc) is 2.38. The maximum absolute atomic E-state index is 12.4. The van der Waals surface area contributed by atoms with E-state index in [0.717, 1.165) is 31.5 Å². The minimum Gasteiger partial charge on any atom is -0.382 e. The molecule has 0 radical (unpaired) electrons. The molecule has 8 heteroatoms. The van der Waals surface area contributed by atoms with E-state index in [9.17, 15) is 21.6 Å². The lowest BCUT2D eigenvalue weighted by molar-refractivity contribution is -0.0436. The van der Waals surface area contributed by atoms with E-state index in [2.05, 4.69) is 17.6 Å². The lowest BCUT2D eigenvalue weighted by atomic mass is 10.0. The van der Waals surface area contributed by atoms with Crippen LogP contribution in [0.25, 0.3) is 0 Å². The molecule has 0 aliphatic carbocycles. The van der Waals surface area contributed by atoms with Gasteiger partial charge in [-0.15, -0.1) is 0 Å². The van der Waals surface area contributed by atoms with Crippen molar-refractivity contribution < 1.29 is 21.6 Å². The Morgan fingerprint density at radius 2 is 1.86 bits per heavy atom. The first kappa shape index (κ1) is 16.1. The van der Waals surface area contributed by atoms with Gasteiger partial charge in [-0.2, -0.15) is 13.2 Å². The second kappa shape index (κ2) is 5.84. The zero-order chi connectivity index (χ0) is 15.7. The van der Waals surface area contributed by atoms with Crippen molar-refractivity contribution in [1.82, 2.24) is 5.32 Å². The minimum atomic E-state index is -5.27. The van der Waals surface area contributed by atoms with Crippen molar-refractivity contribution >= 4 is 15.5 Å². The van der Waals surface area contributed by atoms with Crippen LogP contribution in [0.3, 0.4) is 0 Å². The van der Waals surface area contributed by atoms with Gasteiger partial charge < -0.3 is 10.6 Å². The molecule has 1 aliphatic rings. The van der Waals surface area contributed by atoms with Crippen molar-refractivity contribution in [1.29, 1.82) is 0 Å². The van der Waals surface area contributed by atoms with E-state index < -0.39 is 20.2 Å². The highest BCUT2D eigenvalue weighted by Gasteiger charge is 2.46. The number of piperidine rings is 1. The molecule has 2 N–H and O–H groups in total. The number of benzene rings is 1. The van der Waals surface area contributed by atoms with E-state index in [-0.39, 0.29) is 6.04 Å². The second-order valence-corrected chi connectivity index (χ2v) is 7.14. The molecule has 118 valence electrons. The summed E-state index contributed by atoms with van der Waals surface area (Å²) >= 11 is 0. The minimum absolute atomic E-state index is 0.228. The number of sulfone groups is 1. The van der Waals surface area contributed by atoms with E-state index in [0.29, 0.717) is 11.7 Å². The summed E-state index contributed by atoms with van der Waals surface area (Å²) in [4.78, 5) is -0.737. The first-order valence-corrected chi connectivity index (χ1v) is 8.10. The molecule has 4 nitrogen and oxygen atoms in total. The smallest absolute Gasteiger partial charge is 0.382 e. The third-order valence-electron chi connectivity index (χ3n) is 3.46. The molecular formula is C13H17F3N2O2S. The first-order chi connectivity index (χ1) is 9.70. The highest BCUT2D eigenvalue weighted by molar-refractivity contribution is 7.92. The Bertz CT molecular complexity index is 584. The zero-order valence-electron chi connectivity index (χ0n) is 11.4. The number of rotatable bonds is 3. The maximum atomic E-state index is 12.4. The lowest BCUT2D eigenvalue weighted by Crippen LogP contribution is -2.41. The molecule has 21 heavy (non-hydrogen) atoms. The first-order valence-electron chi connectivity index (χ1n) is 6.61. The molecule has 2 rings (SSSR count). The summed E-state index contributed by atoms with van der Waals surface area (Å²) in [7, 11) is -5.27. The number of hydrogen-bond donors (Lipinski definition) is 2. The predicted molar refractivity (Wildman–Crippen MR) is 73.8 cm³/mol. The average molecular weight is 322 g/mol. The molecule has 1 fully saturated rings. The van der Waals surface area contributed by atoms with Crippen molar-refractivity contribution in [3.63, 3.8) is 0 Å². The zero-order valence-corrected chi connectivity index (χ0v) is 12.3. The van der Waals surface area contributed by atoms with E-state index in [1.54, 1.807) is 0 Å². The highest BCUT2D eigenvalue weighted by atomic mass is 32.2. The fourth-order valence-corrected chi connectivity index (χ4v) is 3.12. The van der Waals surface area contributed by atoms with Gasteiger partial charge in [-0.25, -0.2) is 8.42 Å². The number of alkyl halides is 3. The van der Waals surface area contributed by atoms with Gasteiger partial charge in [0, 0.05) is 17.8 Å². The summed E-state index contributed by atoms with van der Waals surface area (Å²) in [6, 6.07) is 5.30. The molecule has 0 spiro atoms. The quantitative estimate of drug-likeness (QED) is 0.898. The monoisotopic (exact) mass is 322 g/mol. The van der Waals surface area contributed by atoms with Crippen LogP contribution in [0.2, 0.25) is 0 Å². The highest BCUT2D eigenvalue weighted by Crippen LogP contribution is 2.30. The van der Waals surface area contributed by atoms with Crippen LogP contribution in [0.5, 0.6) is 0 Å². The van der Waals surface area contributed by atoms with Gasteiger partial charge >= 0.3 is 5.51 Å². The number of halogens is 3. The molecule has 2 unspecified atom stereocenters. The summed E-state index contributed by atoms with van der Waals surface area (Å²) in [6.07, 6.45) is 1.82. The molecule has 1 aromatic carbocycles. The Morgan fingerprint density at radius 1 is 1.24 bits per heavy atom. The van der Waals surface area contributed by atoms with Crippen LogP contribution < -0.4 is 10.6 Å². The Hall–Kier alpha value is -1.28. The number of anilines is 1. The molecule has 0 bridgehead atoms. The number of hydrogen-bond acceptors (Lipinski definition) is 4. The summed E-state index contributed by atoms with van der Waals surface area (Å²) in [5, 5.41) is 6.51. The van der Waals surface area contributed by atoms with Gasteiger partial charge in [0.15, 0.2) is 0 Å². The molecule has 2 atom stereocenters. The standard InChI is InChI=1S/C13H17F3N2O2S/c1-9-8-11(6-7-17-9)18-10-2-4-12(5-3-10)21(19,20)13(14,15)16/h2-5,9,11,17-18H,6-8H2,1H3. The van der Waals surface area contributed by atoms with Crippen molar-refractivity contribution in [2.75, 3.05) is 11.9 Å². The molecule has 1 heterocycles. The van der Waals surface area contributed by atoms with Crippen LogP contribution in [0, 0.1) is 0 Å². The molecular weight excluding hydrogens is 305 g/mol. The Kier molecular flexibility index (Phi) is 4.48. The third kappa shape index (κ3) is 3.68. The molecule has 0 amide bonds. The SMILES string of the molecule is CC1CC(Nc2ccc(S(=O)(=O)C(F)(F)F)cc2)CCN1. The van der Waals surface area contributed by atoms with Crippen LogP contribution in [0.15, 0.2) is 29.2 Å². The third-order valence-corrected chi connectivity index (χ3v) is 4.97. The molecule has 0 saturated carbocycles. The summed E-state index contributed by atoms with van der Waals surface area (Å²) in [5.41, 5.74) is -4.65. The largest absolute Gasteiger partial charge is 0.501 e. The summed E-state index contributed by atoms with van der Waals surface area (Å²) in [6.45, 7) is 2.94. The topological polar surface area (TPSA) is 58.2 Å². The van der Waals surface area contributed by atoms with Gasteiger partial charge in [-0.1, -0.05) is 0 Å². The van der Waals surface area contributed by atoms with Crippen molar-refractivity contribution in [2.45, 2.75) is 42.3 Å². The van der Waals surface area contributed by atoms with E-state index in [4.69, 9.17) is 0 Å². The van der Waals surface area contributed by atoms with Gasteiger partial charge in [0.05, 0.1) is 4.90 Å². The normalized spacial score (nSPS) is 23.8. The molecule has 0 aromatic heterocycles. The Labute approximate surface area is 121 Å². The Balaban J connectivity index is 2.09.